The van der Waals surface area contributed by atoms with E-state index in [0.717, 1.165) is 54.4 Å². The SMILES string of the molecule is CC(C)(CNc1ccnc(SCCCCCCO)n1)SN=O. The molecule has 1 heterocycles. The van der Waals surface area contributed by atoms with Crippen molar-refractivity contribution in [2.24, 2.45) is 4.58 Å². The average molecular weight is 345 g/mol. The molecule has 124 valence electrons. The fourth-order valence-corrected chi connectivity index (χ4v) is 2.84. The summed E-state index contributed by atoms with van der Waals surface area (Å²) in [6.45, 7) is 4.79. The first kappa shape index (κ1) is 19.2. The van der Waals surface area contributed by atoms with Gasteiger partial charge in [0, 0.05) is 41.6 Å². The molecular formula is C14H24N4O2S2. The summed E-state index contributed by atoms with van der Waals surface area (Å²) in [4.78, 5) is 19.0. The van der Waals surface area contributed by atoms with E-state index in [1.807, 2.05) is 19.9 Å². The Bertz CT molecular complexity index is 447. The predicted molar refractivity (Wildman–Crippen MR) is 94.3 cm³/mol. The molecule has 0 fully saturated rings. The number of anilines is 1. The molecule has 0 atom stereocenters. The van der Waals surface area contributed by atoms with Gasteiger partial charge in [0.15, 0.2) is 5.16 Å². The lowest BCUT2D eigenvalue weighted by molar-refractivity contribution is 0.283. The van der Waals surface area contributed by atoms with E-state index in [9.17, 15) is 4.91 Å². The van der Waals surface area contributed by atoms with Crippen LogP contribution in [0.1, 0.15) is 39.5 Å². The molecule has 0 unspecified atom stereocenters. The molecule has 0 aliphatic carbocycles. The van der Waals surface area contributed by atoms with Crippen LogP contribution in [0.5, 0.6) is 0 Å². The monoisotopic (exact) mass is 344 g/mol. The normalized spacial score (nSPS) is 11.4. The summed E-state index contributed by atoms with van der Waals surface area (Å²) >= 11 is 2.66. The summed E-state index contributed by atoms with van der Waals surface area (Å²) in [7, 11) is 0. The number of nitrogens with one attached hydrogen (secondary N) is 1. The minimum Gasteiger partial charge on any atom is -0.396 e. The number of nitrogens with zero attached hydrogens (tertiary/aromatic N) is 3. The van der Waals surface area contributed by atoms with Crippen LogP contribution >= 0.6 is 23.7 Å². The number of aromatic nitrogens is 2. The summed E-state index contributed by atoms with van der Waals surface area (Å²) < 4.78 is 2.61. The van der Waals surface area contributed by atoms with Gasteiger partial charge in [-0.05, 0) is 32.8 Å². The maximum atomic E-state index is 10.3. The quantitative estimate of drug-likeness (QED) is 0.196. The second-order valence-electron chi connectivity index (χ2n) is 5.49. The molecule has 0 saturated heterocycles. The summed E-state index contributed by atoms with van der Waals surface area (Å²) in [5.74, 6) is 1.74. The molecular weight excluding hydrogens is 320 g/mol. The second-order valence-corrected chi connectivity index (χ2v) is 7.99. The van der Waals surface area contributed by atoms with Gasteiger partial charge in [-0.1, -0.05) is 24.6 Å². The molecule has 0 amide bonds. The number of nitroso groups, excluding NO2 is 1. The van der Waals surface area contributed by atoms with E-state index in [0.29, 0.717) is 6.54 Å². The number of rotatable bonds is 12. The fraction of sp³-hybridized carbons (Fsp3) is 0.714. The first-order chi connectivity index (χ1) is 10.6. The molecule has 0 aliphatic rings. The van der Waals surface area contributed by atoms with Crippen molar-refractivity contribution in [3.63, 3.8) is 0 Å². The number of hydrogen-bond acceptors (Lipinski definition) is 8. The standard InChI is InChI=1S/C14H24N4O2S2/c1-14(2,22-18-20)11-16-12-7-8-15-13(17-12)21-10-6-4-3-5-9-19/h7-8,19H,3-6,9-11H2,1-2H3,(H,15,16,17). The van der Waals surface area contributed by atoms with E-state index < -0.39 is 0 Å². The molecule has 1 rings (SSSR count). The average Bonchev–Trinajstić information content (AvgIpc) is 2.49. The zero-order valence-corrected chi connectivity index (χ0v) is 14.8. The molecule has 0 bridgehead atoms. The number of aliphatic hydroxyl groups excluding tert-OH is 1. The Labute approximate surface area is 140 Å². The van der Waals surface area contributed by atoms with Crippen molar-refractivity contribution < 1.29 is 5.11 Å². The van der Waals surface area contributed by atoms with Crippen molar-refractivity contribution in [1.29, 1.82) is 0 Å². The van der Waals surface area contributed by atoms with Crippen molar-refractivity contribution in [3.8, 4) is 0 Å². The lowest BCUT2D eigenvalue weighted by Crippen LogP contribution is -2.26. The van der Waals surface area contributed by atoms with E-state index in [1.54, 1.807) is 18.0 Å². The maximum absolute atomic E-state index is 10.3. The van der Waals surface area contributed by atoms with E-state index in [1.165, 1.54) is 0 Å². The van der Waals surface area contributed by atoms with Crippen molar-refractivity contribution in [1.82, 2.24) is 9.97 Å². The molecule has 0 saturated carbocycles. The molecule has 0 radical (unpaired) electrons. The van der Waals surface area contributed by atoms with Gasteiger partial charge in [-0.3, -0.25) is 0 Å². The molecule has 1 aromatic heterocycles. The van der Waals surface area contributed by atoms with Crippen molar-refractivity contribution >= 4 is 29.5 Å². The molecule has 0 aliphatic heterocycles. The highest BCUT2D eigenvalue weighted by Gasteiger charge is 2.19. The Balaban J connectivity index is 2.34. The van der Waals surface area contributed by atoms with E-state index in [4.69, 9.17) is 5.11 Å². The summed E-state index contributed by atoms with van der Waals surface area (Å²) in [6, 6.07) is 1.82. The van der Waals surface area contributed by atoms with Crippen LogP contribution in [0.2, 0.25) is 0 Å². The number of aliphatic hydroxyl groups is 1. The van der Waals surface area contributed by atoms with Crippen LogP contribution in [0.4, 0.5) is 5.82 Å². The van der Waals surface area contributed by atoms with E-state index in [-0.39, 0.29) is 11.4 Å². The van der Waals surface area contributed by atoms with Gasteiger partial charge in [0.05, 0.1) is 4.75 Å². The third-order valence-corrected chi connectivity index (χ3v) is 4.56. The third kappa shape index (κ3) is 8.55. The van der Waals surface area contributed by atoms with Crippen molar-refractivity contribution in [2.45, 2.75) is 49.4 Å². The lowest BCUT2D eigenvalue weighted by Gasteiger charge is -2.20. The number of unbranched alkanes of at least 4 members (excludes halogenated alkanes) is 3. The molecule has 22 heavy (non-hydrogen) atoms. The zero-order chi connectivity index (χ0) is 16.3. The second kappa shape index (κ2) is 10.8. The van der Waals surface area contributed by atoms with Gasteiger partial charge in [0.2, 0.25) is 0 Å². The molecule has 1 aromatic rings. The van der Waals surface area contributed by atoms with E-state index in [2.05, 4.69) is 19.9 Å². The molecule has 6 nitrogen and oxygen atoms in total. The van der Waals surface area contributed by atoms with Gasteiger partial charge in [-0.15, -0.1) is 4.91 Å². The van der Waals surface area contributed by atoms with Gasteiger partial charge < -0.3 is 10.4 Å². The van der Waals surface area contributed by atoms with E-state index >= 15 is 0 Å². The van der Waals surface area contributed by atoms with Crippen LogP contribution in [-0.2, 0) is 0 Å². The van der Waals surface area contributed by atoms with Crippen LogP contribution in [0.25, 0.3) is 0 Å². The Morgan fingerprint density at radius 3 is 2.82 bits per heavy atom. The highest BCUT2D eigenvalue weighted by molar-refractivity contribution is 7.99. The number of hydrogen-bond donors (Lipinski definition) is 2. The van der Waals surface area contributed by atoms with Crippen molar-refractivity contribution in [3.05, 3.63) is 17.2 Å². The highest BCUT2D eigenvalue weighted by atomic mass is 32.2. The Morgan fingerprint density at radius 2 is 2.09 bits per heavy atom. The van der Waals surface area contributed by atoms with Crippen molar-refractivity contribution in [2.75, 3.05) is 24.2 Å². The fourth-order valence-electron chi connectivity index (χ4n) is 1.68. The topological polar surface area (TPSA) is 87.5 Å². The Kier molecular flexibility index (Phi) is 9.42. The number of thioether (sulfide) groups is 1. The van der Waals surface area contributed by atoms with Crippen LogP contribution in [0.15, 0.2) is 22.0 Å². The predicted octanol–water partition coefficient (Wildman–Crippen LogP) is 3.73. The van der Waals surface area contributed by atoms with Gasteiger partial charge in [-0.2, -0.15) is 0 Å². The smallest absolute Gasteiger partial charge is 0.189 e. The first-order valence-corrected chi connectivity index (χ1v) is 9.15. The van der Waals surface area contributed by atoms with Gasteiger partial charge in [0.1, 0.15) is 5.82 Å². The van der Waals surface area contributed by atoms with Crippen LogP contribution in [0.3, 0.4) is 0 Å². The maximum Gasteiger partial charge on any atom is 0.189 e. The molecule has 8 heteroatoms. The van der Waals surface area contributed by atoms with Crippen LogP contribution < -0.4 is 5.32 Å². The third-order valence-electron chi connectivity index (χ3n) is 2.90. The molecule has 0 spiro atoms. The lowest BCUT2D eigenvalue weighted by atomic mass is 10.2. The highest BCUT2D eigenvalue weighted by Crippen LogP contribution is 2.25. The minimum atomic E-state index is -0.271. The van der Waals surface area contributed by atoms with Gasteiger partial charge in [0.25, 0.3) is 0 Å². The Morgan fingerprint density at radius 1 is 1.32 bits per heavy atom. The largest absolute Gasteiger partial charge is 0.396 e. The van der Waals surface area contributed by atoms with Crippen LogP contribution in [0, 0.1) is 4.91 Å². The van der Waals surface area contributed by atoms with Crippen LogP contribution in [-0.4, -0.2) is 38.7 Å². The molecule has 2 N–H and O–H groups in total. The van der Waals surface area contributed by atoms with Gasteiger partial charge in [-0.25, -0.2) is 9.97 Å². The summed E-state index contributed by atoms with van der Waals surface area (Å²) in [5.41, 5.74) is 0. The summed E-state index contributed by atoms with van der Waals surface area (Å²) in [5, 5.41) is 12.7. The van der Waals surface area contributed by atoms with Gasteiger partial charge >= 0.3 is 0 Å². The first-order valence-electron chi connectivity index (χ1n) is 7.39. The minimum absolute atomic E-state index is 0.271. The molecule has 0 aromatic carbocycles. The summed E-state index contributed by atoms with van der Waals surface area (Å²) in [6.07, 6.45) is 5.90. The Hall–Kier alpha value is -0.860. The zero-order valence-electron chi connectivity index (χ0n) is 13.1.